The van der Waals surface area contributed by atoms with Gasteiger partial charge in [-0.3, -0.25) is 4.57 Å². The van der Waals surface area contributed by atoms with E-state index in [0.717, 1.165) is 25.8 Å². The van der Waals surface area contributed by atoms with E-state index in [2.05, 4.69) is 22.6 Å². The van der Waals surface area contributed by atoms with Crippen molar-refractivity contribution >= 4 is 39.6 Å². The molecule has 0 aliphatic rings. The van der Waals surface area contributed by atoms with Crippen molar-refractivity contribution in [2.24, 2.45) is 0 Å². The molecule has 1 aromatic heterocycles. The first kappa shape index (κ1) is 17.8. The molecule has 2 aromatic carbocycles. The monoisotopic (exact) mass is 449 g/mol. The Morgan fingerprint density at radius 3 is 2.48 bits per heavy atom. The molecule has 3 rings (SSSR count). The predicted molar refractivity (Wildman–Crippen MR) is 107 cm³/mol. The molecule has 0 aliphatic heterocycles. The number of aromatic nitrogens is 1. The second kappa shape index (κ2) is 7.07. The topological polar surface area (TPSA) is 40.5 Å². The quantitative estimate of drug-likeness (QED) is 0.489. The number of fused-ring (bicyclic) bond motifs is 1. The molecule has 0 unspecified atom stereocenters. The summed E-state index contributed by atoms with van der Waals surface area (Å²) in [6.07, 6.45) is 1.40. The van der Waals surface area contributed by atoms with Gasteiger partial charge in [0, 0.05) is 9.77 Å². The van der Waals surface area contributed by atoms with E-state index in [9.17, 15) is 4.79 Å². The summed E-state index contributed by atoms with van der Waals surface area (Å²) in [6.45, 7) is 6.05. The zero-order valence-electron chi connectivity index (χ0n) is 14.5. The van der Waals surface area contributed by atoms with Crippen LogP contribution < -0.4 is 4.74 Å². The SMILES string of the molecule is CC(C)(C)OC(=O)n1cc(I)c2c(OCc3ccccc3)cccc21. The van der Waals surface area contributed by atoms with Crippen molar-refractivity contribution in [3.8, 4) is 5.75 Å². The number of ether oxygens (including phenoxy) is 2. The van der Waals surface area contributed by atoms with Crippen LogP contribution in [0.3, 0.4) is 0 Å². The van der Waals surface area contributed by atoms with Crippen molar-refractivity contribution in [3.05, 3.63) is 63.9 Å². The molecule has 0 radical (unpaired) electrons. The average Bonchev–Trinajstić information content (AvgIpc) is 2.90. The summed E-state index contributed by atoms with van der Waals surface area (Å²) in [4.78, 5) is 12.5. The first-order valence-electron chi connectivity index (χ1n) is 8.05. The Kier molecular flexibility index (Phi) is 5.03. The number of hydrogen-bond acceptors (Lipinski definition) is 3. The van der Waals surface area contributed by atoms with Crippen molar-refractivity contribution in [2.75, 3.05) is 0 Å². The fourth-order valence-corrected chi connectivity index (χ4v) is 3.35. The van der Waals surface area contributed by atoms with Crippen LogP contribution >= 0.6 is 22.6 Å². The molecule has 0 fully saturated rings. The third-order valence-corrected chi connectivity index (χ3v) is 4.39. The highest BCUT2D eigenvalue weighted by Gasteiger charge is 2.21. The number of carbonyl (C=O) groups is 1. The first-order valence-corrected chi connectivity index (χ1v) is 9.13. The lowest BCUT2D eigenvalue weighted by Gasteiger charge is -2.19. The molecule has 5 heteroatoms. The number of nitrogens with zero attached hydrogens (tertiary/aromatic N) is 1. The van der Waals surface area contributed by atoms with Crippen LogP contribution in [0.5, 0.6) is 5.75 Å². The first-order chi connectivity index (χ1) is 11.8. The second-order valence-corrected chi connectivity index (χ2v) is 7.91. The van der Waals surface area contributed by atoms with E-state index in [0.29, 0.717) is 6.61 Å². The summed E-state index contributed by atoms with van der Waals surface area (Å²) >= 11 is 2.22. The number of hydrogen-bond donors (Lipinski definition) is 0. The Bertz CT molecular complexity index is 894. The van der Waals surface area contributed by atoms with Gasteiger partial charge in [-0.25, -0.2) is 4.79 Å². The Morgan fingerprint density at radius 2 is 1.80 bits per heavy atom. The van der Waals surface area contributed by atoms with Gasteiger partial charge in [-0.15, -0.1) is 0 Å². The molecule has 0 bridgehead atoms. The number of halogens is 1. The van der Waals surface area contributed by atoms with Crippen LogP contribution in [0, 0.1) is 3.57 Å². The molecule has 0 N–H and O–H groups in total. The van der Waals surface area contributed by atoms with E-state index < -0.39 is 5.60 Å². The molecule has 1 heterocycles. The maximum Gasteiger partial charge on any atom is 0.419 e. The van der Waals surface area contributed by atoms with Gasteiger partial charge in [-0.2, -0.15) is 0 Å². The molecule has 25 heavy (non-hydrogen) atoms. The van der Waals surface area contributed by atoms with Gasteiger partial charge in [0.1, 0.15) is 18.0 Å². The summed E-state index contributed by atoms with van der Waals surface area (Å²) in [6, 6.07) is 15.7. The number of carbonyl (C=O) groups excluding carboxylic acids is 1. The maximum atomic E-state index is 12.5. The van der Waals surface area contributed by atoms with Crippen LogP contribution in [0.15, 0.2) is 54.7 Å². The van der Waals surface area contributed by atoms with Crippen LogP contribution in [0.2, 0.25) is 0 Å². The average molecular weight is 449 g/mol. The smallest absolute Gasteiger partial charge is 0.419 e. The normalized spacial score (nSPS) is 11.5. The van der Waals surface area contributed by atoms with E-state index >= 15 is 0 Å². The van der Waals surface area contributed by atoms with Crippen LogP contribution in [0.25, 0.3) is 10.9 Å². The molecule has 0 atom stereocenters. The van der Waals surface area contributed by atoms with Gasteiger partial charge in [-0.1, -0.05) is 36.4 Å². The molecule has 4 nitrogen and oxygen atoms in total. The minimum Gasteiger partial charge on any atom is -0.488 e. The fourth-order valence-electron chi connectivity index (χ4n) is 2.53. The van der Waals surface area contributed by atoms with Crippen molar-refractivity contribution in [1.82, 2.24) is 4.57 Å². The lowest BCUT2D eigenvalue weighted by molar-refractivity contribution is 0.0544. The minimum atomic E-state index is -0.541. The zero-order valence-corrected chi connectivity index (χ0v) is 16.6. The highest BCUT2D eigenvalue weighted by atomic mass is 127. The summed E-state index contributed by atoms with van der Waals surface area (Å²) in [5, 5.41) is 0.921. The van der Waals surface area contributed by atoms with Crippen molar-refractivity contribution in [2.45, 2.75) is 33.0 Å². The molecular weight excluding hydrogens is 429 g/mol. The van der Waals surface area contributed by atoms with Gasteiger partial charge < -0.3 is 9.47 Å². The van der Waals surface area contributed by atoms with Gasteiger partial charge in [-0.05, 0) is 61.1 Å². The molecule has 0 amide bonds. The summed E-state index contributed by atoms with van der Waals surface area (Å²) in [7, 11) is 0. The van der Waals surface area contributed by atoms with Crippen molar-refractivity contribution in [3.63, 3.8) is 0 Å². The van der Waals surface area contributed by atoms with Crippen LogP contribution in [-0.4, -0.2) is 16.3 Å². The highest BCUT2D eigenvalue weighted by Crippen LogP contribution is 2.32. The predicted octanol–water partition coefficient (Wildman–Crippen LogP) is 5.61. The Balaban J connectivity index is 1.92. The van der Waals surface area contributed by atoms with Crippen LogP contribution in [-0.2, 0) is 11.3 Å². The maximum absolute atomic E-state index is 12.5. The van der Waals surface area contributed by atoms with E-state index in [-0.39, 0.29) is 6.09 Å². The Hall–Kier alpha value is -2.02. The summed E-state index contributed by atoms with van der Waals surface area (Å²) < 4.78 is 14.0. The summed E-state index contributed by atoms with van der Waals surface area (Å²) in [5.74, 6) is 0.757. The molecule has 130 valence electrons. The molecular formula is C20H20INO3. The minimum absolute atomic E-state index is 0.388. The second-order valence-electron chi connectivity index (χ2n) is 6.75. The lowest BCUT2D eigenvalue weighted by Crippen LogP contribution is -2.26. The zero-order chi connectivity index (χ0) is 18.0. The fraction of sp³-hybridized carbons (Fsp3) is 0.250. The Morgan fingerprint density at radius 1 is 1.08 bits per heavy atom. The van der Waals surface area contributed by atoms with Crippen LogP contribution in [0.4, 0.5) is 4.79 Å². The van der Waals surface area contributed by atoms with Crippen LogP contribution in [0.1, 0.15) is 26.3 Å². The third-order valence-electron chi connectivity index (χ3n) is 3.57. The molecule has 0 aliphatic carbocycles. The van der Waals surface area contributed by atoms with Gasteiger partial charge >= 0.3 is 6.09 Å². The van der Waals surface area contributed by atoms with Gasteiger partial charge in [0.25, 0.3) is 0 Å². The summed E-state index contributed by atoms with van der Waals surface area (Å²) in [5.41, 5.74) is 1.34. The van der Waals surface area contributed by atoms with E-state index in [4.69, 9.17) is 9.47 Å². The van der Waals surface area contributed by atoms with Gasteiger partial charge in [0.05, 0.1) is 10.9 Å². The third kappa shape index (κ3) is 4.15. The standard InChI is InChI=1S/C20H20INO3/c1-20(2,3)25-19(23)22-12-15(21)18-16(22)10-7-11-17(18)24-13-14-8-5-4-6-9-14/h4-12H,13H2,1-3H3. The van der Waals surface area contributed by atoms with E-state index in [1.54, 1.807) is 6.20 Å². The number of rotatable bonds is 3. The molecule has 0 saturated carbocycles. The van der Waals surface area contributed by atoms with Crippen molar-refractivity contribution < 1.29 is 14.3 Å². The highest BCUT2D eigenvalue weighted by molar-refractivity contribution is 14.1. The van der Waals surface area contributed by atoms with E-state index in [1.165, 1.54) is 4.57 Å². The van der Waals surface area contributed by atoms with Gasteiger partial charge in [0.15, 0.2) is 0 Å². The molecule has 3 aromatic rings. The molecule has 0 spiro atoms. The number of benzene rings is 2. The largest absolute Gasteiger partial charge is 0.488 e. The van der Waals surface area contributed by atoms with Crippen molar-refractivity contribution in [1.29, 1.82) is 0 Å². The molecule has 0 saturated heterocycles. The van der Waals surface area contributed by atoms with Gasteiger partial charge in [0.2, 0.25) is 0 Å². The Labute approximate surface area is 160 Å². The lowest BCUT2D eigenvalue weighted by atomic mass is 10.2. The van der Waals surface area contributed by atoms with E-state index in [1.807, 2.05) is 69.3 Å².